The summed E-state index contributed by atoms with van der Waals surface area (Å²) in [4.78, 5) is 4.21. The second-order valence-corrected chi connectivity index (χ2v) is 5.67. The van der Waals surface area contributed by atoms with Crippen molar-refractivity contribution in [3.63, 3.8) is 0 Å². The summed E-state index contributed by atoms with van der Waals surface area (Å²) in [6, 6.07) is 9.95. The molecule has 0 bridgehead atoms. The molecule has 2 nitrogen and oxygen atoms in total. The van der Waals surface area contributed by atoms with Crippen LogP contribution in [0, 0.1) is 0 Å². The van der Waals surface area contributed by atoms with Gasteiger partial charge in [0.15, 0.2) is 0 Å². The van der Waals surface area contributed by atoms with Gasteiger partial charge in [0.2, 0.25) is 0 Å². The number of anilines is 1. The molecule has 1 aromatic carbocycles. The first kappa shape index (κ1) is 12.9. The lowest BCUT2D eigenvalue weighted by Crippen LogP contribution is -2.01. The Labute approximate surface area is 122 Å². The van der Waals surface area contributed by atoms with E-state index in [0.29, 0.717) is 11.6 Å². The lowest BCUT2D eigenvalue weighted by molar-refractivity contribution is 1.10. The maximum Gasteiger partial charge on any atom is 0.140 e. The minimum Gasteiger partial charge on any atom is -0.365 e. The molecule has 0 spiro atoms. The van der Waals surface area contributed by atoms with Crippen molar-refractivity contribution >= 4 is 49.3 Å². The Morgan fingerprint density at radius 2 is 2.06 bits per heavy atom. The Hall–Kier alpha value is -0.580. The fourth-order valence-electron chi connectivity index (χ4n) is 1.38. The molecule has 1 aromatic heterocycles. The van der Waals surface area contributed by atoms with Gasteiger partial charge in [-0.3, -0.25) is 0 Å². The number of nitrogens with one attached hydrogen (secondary N) is 1. The third kappa shape index (κ3) is 3.69. The molecular weight excluding hydrogens is 367 g/mol. The Morgan fingerprint density at radius 1 is 1.24 bits per heavy atom. The molecule has 0 fully saturated rings. The van der Waals surface area contributed by atoms with Crippen LogP contribution in [0.4, 0.5) is 5.82 Å². The lowest BCUT2D eigenvalue weighted by Gasteiger charge is -2.08. The third-order valence-corrected chi connectivity index (χ3v) is 3.46. The van der Waals surface area contributed by atoms with Crippen molar-refractivity contribution in [1.29, 1.82) is 0 Å². The Kier molecular flexibility index (Phi) is 4.42. The van der Waals surface area contributed by atoms with Crippen LogP contribution in [-0.2, 0) is 6.54 Å². The minimum absolute atomic E-state index is 0.616. The molecule has 0 aliphatic carbocycles. The summed E-state index contributed by atoms with van der Waals surface area (Å²) >= 11 is 12.7. The first-order valence-corrected chi connectivity index (χ1v) is 6.91. The Bertz CT molecular complexity index is 532. The molecule has 1 N–H and O–H groups in total. The van der Waals surface area contributed by atoms with Gasteiger partial charge in [0, 0.05) is 17.2 Å². The van der Waals surface area contributed by atoms with Gasteiger partial charge < -0.3 is 5.32 Å². The first-order chi connectivity index (χ1) is 8.15. The van der Waals surface area contributed by atoms with Crippen molar-refractivity contribution in [1.82, 2.24) is 4.98 Å². The van der Waals surface area contributed by atoms with E-state index in [2.05, 4.69) is 54.3 Å². The van der Waals surface area contributed by atoms with Crippen LogP contribution in [0.2, 0.25) is 5.02 Å². The SMILES string of the molecule is Clc1cnc(NCc2cccc(Br)c2)c(Br)c1. The van der Waals surface area contributed by atoms with E-state index in [-0.39, 0.29) is 0 Å². The summed E-state index contributed by atoms with van der Waals surface area (Å²) in [6.45, 7) is 0.715. The number of pyridine rings is 1. The van der Waals surface area contributed by atoms with Gasteiger partial charge in [0.1, 0.15) is 5.82 Å². The molecule has 0 atom stereocenters. The maximum absolute atomic E-state index is 5.83. The van der Waals surface area contributed by atoms with Gasteiger partial charge in [-0.25, -0.2) is 4.98 Å². The molecule has 0 aliphatic rings. The van der Waals surface area contributed by atoms with Crippen molar-refractivity contribution < 1.29 is 0 Å². The topological polar surface area (TPSA) is 24.9 Å². The summed E-state index contributed by atoms with van der Waals surface area (Å²) in [5, 5.41) is 3.86. The predicted molar refractivity (Wildman–Crippen MR) is 78.4 cm³/mol. The highest BCUT2D eigenvalue weighted by Gasteiger charge is 2.02. The van der Waals surface area contributed by atoms with Gasteiger partial charge in [-0.2, -0.15) is 0 Å². The number of rotatable bonds is 3. The van der Waals surface area contributed by atoms with E-state index in [4.69, 9.17) is 11.6 Å². The molecule has 88 valence electrons. The molecule has 0 amide bonds. The zero-order chi connectivity index (χ0) is 12.3. The van der Waals surface area contributed by atoms with Crippen molar-refractivity contribution in [3.8, 4) is 0 Å². The van der Waals surface area contributed by atoms with Gasteiger partial charge in [-0.1, -0.05) is 39.7 Å². The van der Waals surface area contributed by atoms with E-state index in [0.717, 1.165) is 14.8 Å². The van der Waals surface area contributed by atoms with Crippen LogP contribution in [-0.4, -0.2) is 4.98 Å². The number of aromatic nitrogens is 1. The normalized spacial score (nSPS) is 10.3. The van der Waals surface area contributed by atoms with Crippen LogP contribution in [0.3, 0.4) is 0 Å². The van der Waals surface area contributed by atoms with E-state index in [1.165, 1.54) is 5.56 Å². The van der Waals surface area contributed by atoms with Crippen LogP contribution >= 0.6 is 43.5 Å². The summed E-state index contributed by atoms with van der Waals surface area (Å²) in [6.07, 6.45) is 1.62. The van der Waals surface area contributed by atoms with E-state index < -0.39 is 0 Å². The van der Waals surface area contributed by atoms with Gasteiger partial charge in [0.25, 0.3) is 0 Å². The summed E-state index contributed by atoms with van der Waals surface area (Å²) < 4.78 is 1.93. The van der Waals surface area contributed by atoms with E-state index in [1.807, 2.05) is 18.2 Å². The smallest absolute Gasteiger partial charge is 0.140 e. The van der Waals surface area contributed by atoms with Gasteiger partial charge >= 0.3 is 0 Å². The van der Waals surface area contributed by atoms with Crippen molar-refractivity contribution in [2.75, 3.05) is 5.32 Å². The van der Waals surface area contributed by atoms with E-state index in [1.54, 1.807) is 6.20 Å². The van der Waals surface area contributed by atoms with Crippen molar-refractivity contribution in [2.24, 2.45) is 0 Å². The summed E-state index contributed by atoms with van der Waals surface area (Å²) in [7, 11) is 0. The van der Waals surface area contributed by atoms with Crippen LogP contribution in [0.5, 0.6) is 0 Å². The first-order valence-electron chi connectivity index (χ1n) is 4.94. The number of hydrogen-bond acceptors (Lipinski definition) is 2. The molecule has 2 rings (SSSR count). The second kappa shape index (κ2) is 5.85. The molecule has 5 heteroatoms. The maximum atomic E-state index is 5.83. The molecule has 2 aromatic rings. The largest absolute Gasteiger partial charge is 0.365 e. The average molecular weight is 376 g/mol. The summed E-state index contributed by atoms with van der Waals surface area (Å²) in [5.74, 6) is 0.786. The minimum atomic E-state index is 0.616. The fourth-order valence-corrected chi connectivity index (χ4v) is 2.60. The number of hydrogen-bond donors (Lipinski definition) is 1. The molecule has 0 saturated carbocycles. The monoisotopic (exact) mass is 374 g/mol. The molecule has 0 unspecified atom stereocenters. The number of benzene rings is 1. The molecule has 1 heterocycles. The van der Waals surface area contributed by atoms with Gasteiger partial charge in [-0.05, 0) is 39.7 Å². The number of halogens is 3. The molecule has 17 heavy (non-hydrogen) atoms. The van der Waals surface area contributed by atoms with Crippen LogP contribution < -0.4 is 5.32 Å². The number of nitrogens with zero attached hydrogens (tertiary/aromatic N) is 1. The molecular formula is C12H9Br2ClN2. The van der Waals surface area contributed by atoms with Crippen molar-refractivity contribution in [3.05, 3.63) is 56.1 Å². The highest BCUT2D eigenvalue weighted by atomic mass is 79.9. The van der Waals surface area contributed by atoms with Gasteiger partial charge in [-0.15, -0.1) is 0 Å². The lowest BCUT2D eigenvalue weighted by atomic mass is 10.2. The second-order valence-electron chi connectivity index (χ2n) is 3.47. The van der Waals surface area contributed by atoms with Crippen LogP contribution in [0.1, 0.15) is 5.56 Å². The summed E-state index contributed by atoms with van der Waals surface area (Å²) in [5.41, 5.74) is 1.18. The van der Waals surface area contributed by atoms with Crippen molar-refractivity contribution in [2.45, 2.75) is 6.54 Å². The third-order valence-electron chi connectivity index (χ3n) is 2.16. The fraction of sp³-hybridized carbons (Fsp3) is 0.0833. The van der Waals surface area contributed by atoms with Crippen LogP contribution in [0.25, 0.3) is 0 Å². The zero-order valence-corrected chi connectivity index (χ0v) is 12.7. The van der Waals surface area contributed by atoms with Crippen LogP contribution in [0.15, 0.2) is 45.5 Å². The van der Waals surface area contributed by atoms with Gasteiger partial charge in [0.05, 0.1) is 9.50 Å². The quantitative estimate of drug-likeness (QED) is 0.826. The molecule has 0 radical (unpaired) electrons. The molecule has 0 saturated heterocycles. The predicted octanol–water partition coefficient (Wildman–Crippen LogP) is 4.87. The highest BCUT2D eigenvalue weighted by molar-refractivity contribution is 9.10. The van der Waals surface area contributed by atoms with E-state index >= 15 is 0 Å². The zero-order valence-electron chi connectivity index (χ0n) is 8.75. The standard InChI is InChI=1S/C12H9Br2ClN2/c13-9-3-1-2-8(4-9)6-16-12-11(14)5-10(15)7-17-12/h1-5,7H,6H2,(H,16,17). The highest BCUT2D eigenvalue weighted by Crippen LogP contribution is 2.23. The Morgan fingerprint density at radius 3 is 2.76 bits per heavy atom. The molecule has 0 aliphatic heterocycles. The Balaban J connectivity index is 2.07. The van der Waals surface area contributed by atoms with E-state index in [9.17, 15) is 0 Å². The average Bonchev–Trinajstić information content (AvgIpc) is 2.28.